The van der Waals surface area contributed by atoms with Crippen LogP contribution in [-0.2, 0) is 6.54 Å². The van der Waals surface area contributed by atoms with Crippen LogP contribution in [0.2, 0.25) is 0 Å². The van der Waals surface area contributed by atoms with Gasteiger partial charge in [-0.05, 0) is 43.4 Å². The summed E-state index contributed by atoms with van der Waals surface area (Å²) in [6.45, 7) is 4.33. The Bertz CT molecular complexity index is 353. The number of furan rings is 1. The monoisotopic (exact) mass is 219 g/mol. The van der Waals surface area contributed by atoms with E-state index in [0.717, 1.165) is 30.7 Å². The molecule has 0 saturated heterocycles. The molecule has 2 heteroatoms. The lowest BCUT2D eigenvalue weighted by molar-refractivity contribution is 0.441. The Morgan fingerprint density at radius 3 is 2.88 bits per heavy atom. The Labute approximate surface area is 97.4 Å². The number of rotatable bonds is 6. The summed E-state index contributed by atoms with van der Waals surface area (Å²) in [5, 5.41) is 3.46. The van der Waals surface area contributed by atoms with Crippen LogP contribution in [0.25, 0.3) is 0 Å². The molecule has 3 rings (SSSR count). The molecule has 2 aliphatic rings. The van der Waals surface area contributed by atoms with Crippen molar-refractivity contribution >= 4 is 0 Å². The van der Waals surface area contributed by atoms with Gasteiger partial charge in [0.15, 0.2) is 0 Å². The summed E-state index contributed by atoms with van der Waals surface area (Å²) in [6, 6.07) is 4.29. The molecule has 2 fully saturated rings. The van der Waals surface area contributed by atoms with Crippen LogP contribution < -0.4 is 5.32 Å². The van der Waals surface area contributed by atoms with E-state index in [-0.39, 0.29) is 0 Å². The molecular weight excluding hydrogens is 198 g/mol. The van der Waals surface area contributed by atoms with Gasteiger partial charge in [-0.15, -0.1) is 0 Å². The van der Waals surface area contributed by atoms with Gasteiger partial charge in [-0.3, -0.25) is 0 Å². The van der Waals surface area contributed by atoms with Crippen LogP contribution in [0.5, 0.6) is 0 Å². The minimum atomic E-state index is 0.709. The standard InChI is InChI=1S/C14H21NO/c1-10-8-13(10)14-5-4-12(16-14)9-15-7-6-11-2-3-11/h4-5,10-11,13,15H,2-3,6-9H2,1H3. The number of hydrogen-bond acceptors (Lipinski definition) is 2. The lowest BCUT2D eigenvalue weighted by atomic mass is 10.3. The maximum Gasteiger partial charge on any atom is 0.117 e. The van der Waals surface area contributed by atoms with Gasteiger partial charge in [0.2, 0.25) is 0 Å². The predicted molar refractivity (Wildman–Crippen MR) is 64.3 cm³/mol. The fraction of sp³-hybridized carbons (Fsp3) is 0.714. The Hall–Kier alpha value is -0.760. The van der Waals surface area contributed by atoms with Crippen molar-refractivity contribution in [2.45, 2.75) is 45.1 Å². The molecule has 0 bridgehead atoms. The molecule has 16 heavy (non-hydrogen) atoms. The summed E-state index contributed by atoms with van der Waals surface area (Å²) in [5.74, 6) is 4.87. The molecule has 1 aromatic heterocycles. The van der Waals surface area contributed by atoms with Crippen LogP contribution >= 0.6 is 0 Å². The summed E-state index contributed by atoms with van der Waals surface area (Å²) >= 11 is 0. The Balaban J connectivity index is 1.41. The van der Waals surface area contributed by atoms with E-state index in [0.29, 0.717) is 5.92 Å². The molecule has 88 valence electrons. The lowest BCUT2D eigenvalue weighted by Crippen LogP contribution is -2.14. The van der Waals surface area contributed by atoms with Gasteiger partial charge in [0, 0.05) is 5.92 Å². The molecule has 2 nitrogen and oxygen atoms in total. The summed E-state index contributed by atoms with van der Waals surface area (Å²) in [5.41, 5.74) is 0. The van der Waals surface area contributed by atoms with Gasteiger partial charge in [0.1, 0.15) is 11.5 Å². The van der Waals surface area contributed by atoms with E-state index in [1.165, 1.54) is 31.4 Å². The third-order valence-electron chi connectivity index (χ3n) is 3.88. The van der Waals surface area contributed by atoms with Crippen LogP contribution in [0.15, 0.2) is 16.5 Å². The third kappa shape index (κ3) is 2.49. The SMILES string of the molecule is CC1CC1c1ccc(CNCCC2CC2)o1. The molecule has 0 aliphatic heterocycles. The van der Waals surface area contributed by atoms with Gasteiger partial charge in [-0.2, -0.15) is 0 Å². The van der Waals surface area contributed by atoms with Crippen LogP contribution in [0.3, 0.4) is 0 Å². The van der Waals surface area contributed by atoms with Crippen molar-refractivity contribution < 1.29 is 4.42 Å². The fourth-order valence-corrected chi connectivity index (χ4v) is 2.33. The smallest absolute Gasteiger partial charge is 0.117 e. The fourth-order valence-electron chi connectivity index (χ4n) is 2.33. The minimum absolute atomic E-state index is 0.709. The Kier molecular flexibility index (Phi) is 2.76. The largest absolute Gasteiger partial charge is 0.464 e. The first-order chi connectivity index (χ1) is 7.83. The van der Waals surface area contributed by atoms with Crippen LogP contribution in [0.1, 0.15) is 50.0 Å². The molecule has 1 aromatic rings. The van der Waals surface area contributed by atoms with Crippen molar-refractivity contribution in [1.29, 1.82) is 0 Å². The first-order valence-corrected chi connectivity index (χ1v) is 6.62. The van der Waals surface area contributed by atoms with Crippen LogP contribution in [0.4, 0.5) is 0 Å². The van der Waals surface area contributed by atoms with E-state index >= 15 is 0 Å². The predicted octanol–water partition coefficient (Wildman–Crippen LogP) is 3.29. The normalized spacial score (nSPS) is 28.3. The van der Waals surface area contributed by atoms with Crippen LogP contribution in [0, 0.1) is 11.8 Å². The van der Waals surface area contributed by atoms with Gasteiger partial charge >= 0.3 is 0 Å². The summed E-state index contributed by atoms with van der Waals surface area (Å²) < 4.78 is 5.84. The highest BCUT2D eigenvalue weighted by Gasteiger charge is 2.36. The van der Waals surface area contributed by atoms with E-state index in [2.05, 4.69) is 24.4 Å². The topological polar surface area (TPSA) is 25.2 Å². The van der Waals surface area contributed by atoms with Gasteiger partial charge in [0.25, 0.3) is 0 Å². The second-order valence-corrected chi connectivity index (χ2v) is 5.53. The van der Waals surface area contributed by atoms with E-state index in [9.17, 15) is 0 Å². The Morgan fingerprint density at radius 1 is 1.38 bits per heavy atom. The summed E-state index contributed by atoms with van der Waals surface area (Å²) in [4.78, 5) is 0. The number of hydrogen-bond donors (Lipinski definition) is 1. The van der Waals surface area contributed by atoms with E-state index in [1.54, 1.807) is 0 Å². The van der Waals surface area contributed by atoms with Gasteiger partial charge in [-0.1, -0.05) is 19.8 Å². The summed E-state index contributed by atoms with van der Waals surface area (Å²) in [7, 11) is 0. The first kappa shape index (κ1) is 10.4. The molecule has 0 aromatic carbocycles. The first-order valence-electron chi connectivity index (χ1n) is 6.62. The second-order valence-electron chi connectivity index (χ2n) is 5.53. The lowest BCUT2D eigenvalue weighted by Gasteiger charge is -2.01. The van der Waals surface area contributed by atoms with Crippen molar-refractivity contribution in [3.63, 3.8) is 0 Å². The molecule has 0 spiro atoms. The molecule has 1 N–H and O–H groups in total. The molecular formula is C14H21NO. The molecule has 2 atom stereocenters. The highest BCUT2D eigenvalue weighted by molar-refractivity contribution is 5.17. The third-order valence-corrected chi connectivity index (χ3v) is 3.88. The second kappa shape index (κ2) is 4.25. The van der Waals surface area contributed by atoms with Crippen molar-refractivity contribution in [1.82, 2.24) is 5.32 Å². The zero-order chi connectivity index (χ0) is 11.0. The maximum atomic E-state index is 5.84. The van der Waals surface area contributed by atoms with Crippen molar-refractivity contribution in [2.75, 3.05) is 6.54 Å². The van der Waals surface area contributed by atoms with Crippen molar-refractivity contribution in [2.24, 2.45) is 11.8 Å². The highest BCUT2D eigenvalue weighted by atomic mass is 16.3. The zero-order valence-corrected chi connectivity index (χ0v) is 10.0. The molecule has 1 heterocycles. The average molecular weight is 219 g/mol. The van der Waals surface area contributed by atoms with Gasteiger partial charge < -0.3 is 9.73 Å². The minimum Gasteiger partial charge on any atom is -0.464 e. The molecule has 0 amide bonds. The molecule has 2 unspecified atom stereocenters. The molecule has 2 saturated carbocycles. The quantitative estimate of drug-likeness (QED) is 0.743. The average Bonchev–Trinajstić information content (AvgIpc) is 3.17. The zero-order valence-electron chi connectivity index (χ0n) is 10.0. The van der Waals surface area contributed by atoms with E-state index in [1.807, 2.05) is 0 Å². The highest BCUT2D eigenvalue weighted by Crippen LogP contribution is 2.47. The van der Waals surface area contributed by atoms with Gasteiger partial charge in [-0.25, -0.2) is 0 Å². The number of nitrogens with one attached hydrogen (secondary N) is 1. The van der Waals surface area contributed by atoms with Crippen molar-refractivity contribution in [3.05, 3.63) is 23.7 Å². The molecule has 0 radical (unpaired) electrons. The van der Waals surface area contributed by atoms with E-state index < -0.39 is 0 Å². The van der Waals surface area contributed by atoms with Gasteiger partial charge in [0.05, 0.1) is 6.54 Å². The van der Waals surface area contributed by atoms with E-state index in [4.69, 9.17) is 4.42 Å². The molecule has 2 aliphatic carbocycles. The van der Waals surface area contributed by atoms with Crippen LogP contribution in [-0.4, -0.2) is 6.54 Å². The van der Waals surface area contributed by atoms with Crippen molar-refractivity contribution in [3.8, 4) is 0 Å². The Morgan fingerprint density at radius 2 is 2.19 bits per heavy atom. The maximum absolute atomic E-state index is 5.84. The summed E-state index contributed by atoms with van der Waals surface area (Å²) in [6.07, 6.45) is 5.55.